The van der Waals surface area contributed by atoms with Crippen molar-refractivity contribution in [2.24, 2.45) is 5.41 Å². The third-order valence-corrected chi connectivity index (χ3v) is 4.94. The van der Waals surface area contributed by atoms with Crippen LogP contribution >= 0.6 is 0 Å². The average Bonchev–Trinajstić information content (AvgIpc) is 3.05. The predicted octanol–water partition coefficient (Wildman–Crippen LogP) is 2.98. The van der Waals surface area contributed by atoms with Gasteiger partial charge in [0.15, 0.2) is 0 Å². The smallest absolute Gasteiger partial charge is 0.220 e. The molecule has 1 amide bonds. The minimum absolute atomic E-state index is 0.0309. The molecule has 3 rings (SSSR count). The van der Waals surface area contributed by atoms with Crippen LogP contribution in [0.5, 0.6) is 0 Å². The van der Waals surface area contributed by atoms with Crippen molar-refractivity contribution in [2.75, 3.05) is 0 Å². The standard InChI is InChI=1S/C20H30N6O/c1-19(2,3)18-22-11-14-15(9-20(4,5)10-16(14)25-18)24-17(27)7-6-8-26-13-21-12-23-26/h11-13,15H,6-10H2,1-5H3,(H,24,27)/t15-/m1/s1. The summed E-state index contributed by atoms with van der Waals surface area (Å²) in [4.78, 5) is 25.8. The van der Waals surface area contributed by atoms with E-state index in [1.807, 2.05) is 6.20 Å². The number of nitrogens with zero attached hydrogens (tertiary/aromatic N) is 5. The van der Waals surface area contributed by atoms with Crippen molar-refractivity contribution in [3.05, 3.63) is 35.9 Å². The SMILES string of the molecule is CC1(C)Cc2nc(C(C)(C)C)ncc2[C@H](NC(=O)CCCn2cncn2)C1. The van der Waals surface area contributed by atoms with Gasteiger partial charge in [0.25, 0.3) is 0 Å². The molecular formula is C20H30N6O. The number of carbonyl (C=O) groups is 1. The molecule has 2 heterocycles. The Kier molecular flexibility index (Phi) is 5.31. The number of fused-ring (bicyclic) bond motifs is 1. The molecule has 0 radical (unpaired) electrons. The summed E-state index contributed by atoms with van der Waals surface area (Å²) in [6, 6.07) is -0.0309. The van der Waals surface area contributed by atoms with Gasteiger partial charge in [0.2, 0.25) is 5.91 Å². The van der Waals surface area contributed by atoms with Gasteiger partial charge in [-0.1, -0.05) is 34.6 Å². The molecule has 1 N–H and O–H groups in total. The summed E-state index contributed by atoms with van der Waals surface area (Å²) < 4.78 is 1.74. The Balaban J connectivity index is 1.69. The van der Waals surface area contributed by atoms with Crippen LogP contribution in [0.3, 0.4) is 0 Å². The van der Waals surface area contributed by atoms with Crippen molar-refractivity contribution in [3.63, 3.8) is 0 Å². The molecular weight excluding hydrogens is 340 g/mol. The van der Waals surface area contributed by atoms with E-state index >= 15 is 0 Å². The minimum atomic E-state index is -0.0866. The summed E-state index contributed by atoms with van der Waals surface area (Å²) >= 11 is 0. The highest BCUT2D eigenvalue weighted by molar-refractivity contribution is 5.76. The van der Waals surface area contributed by atoms with E-state index in [4.69, 9.17) is 4.98 Å². The molecule has 2 aromatic heterocycles. The topological polar surface area (TPSA) is 85.6 Å². The fraction of sp³-hybridized carbons (Fsp3) is 0.650. The number of carbonyl (C=O) groups excluding carboxylic acids is 1. The molecule has 146 valence electrons. The van der Waals surface area contributed by atoms with E-state index in [2.05, 4.69) is 55.0 Å². The number of aryl methyl sites for hydroxylation is 1. The fourth-order valence-corrected chi connectivity index (χ4v) is 3.55. The number of amides is 1. The number of rotatable bonds is 5. The molecule has 0 saturated carbocycles. The lowest BCUT2D eigenvalue weighted by Crippen LogP contribution is -2.37. The van der Waals surface area contributed by atoms with Gasteiger partial charge in [-0.15, -0.1) is 0 Å². The van der Waals surface area contributed by atoms with E-state index < -0.39 is 0 Å². The zero-order valence-electron chi connectivity index (χ0n) is 17.0. The van der Waals surface area contributed by atoms with E-state index in [0.717, 1.165) is 36.3 Å². The van der Waals surface area contributed by atoms with Crippen molar-refractivity contribution < 1.29 is 4.79 Å². The Labute approximate surface area is 161 Å². The monoisotopic (exact) mass is 370 g/mol. The lowest BCUT2D eigenvalue weighted by Gasteiger charge is -2.37. The van der Waals surface area contributed by atoms with Crippen LogP contribution in [-0.4, -0.2) is 30.6 Å². The molecule has 2 aromatic rings. The maximum atomic E-state index is 12.5. The van der Waals surface area contributed by atoms with Crippen molar-refractivity contribution in [1.29, 1.82) is 0 Å². The largest absolute Gasteiger partial charge is 0.349 e. The van der Waals surface area contributed by atoms with Gasteiger partial charge in [-0.3, -0.25) is 9.48 Å². The van der Waals surface area contributed by atoms with Crippen molar-refractivity contribution in [1.82, 2.24) is 30.0 Å². The maximum Gasteiger partial charge on any atom is 0.220 e. The third kappa shape index (κ3) is 4.90. The van der Waals surface area contributed by atoms with Crippen LogP contribution in [0.4, 0.5) is 0 Å². The molecule has 0 saturated heterocycles. The minimum Gasteiger partial charge on any atom is -0.349 e. The Hall–Kier alpha value is -2.31. The number of nitrogens with one attached hydrogen (secondary N) is 1. The first-order chi connectivity index (χ1) is 12.6. The Morgan fingerprint density at radius 1 is 1.37 bits per heavy atom. The molecule has 0 unspecified atom stereocenters. The average molecular weight is 371 g/mol. The number of aromatic nitrogens is 5. The molecule has 27 heavy (non-hydrogen) atoms. The highest BCUT2D eigenvalue weighted by atomic mass is 16.1. The second-order valence-electron chi connectivity index (χ2n) is 9.27. The summed E-state index contributed by atoms with van der Waals surface area (Å²) in [5, 5.41) is 7.27. The van der Waals surface area contributed by atoms with Crippen molar-refractivity contribution in [3.8, 4) is 0 Å². The van der Waals surface area contributed by atoms with Gasteiger partial charge >= 0.3 is 0 Å². The molecule has 0 spiro atoms. The first-order valence-corrected chi connectivity index (χ1v) is 9.62. The molecule has 0 aliphatic heterocycles. The molecule has 1 atom stereocenters. The van der Waals surface area contributed by atoms with Crippen LogP contribution in [-0.2, 0) is 23.2 Å². The van der Waals surface area contributed by atoms with Crippen LogP contribution in [0.15, 0.2) is 18.9 Å². The van der Waals surface area contributed by atoms with Crippen LogP contribution in [0.25, 0.3) is 0 Å². The molecule has 7 nitrogen and oxygen atoms in total. The van der Waals surface area contributed by atoms with E-state index in [1.54, 1.807) is 11.0 Å². The Morgan fingerprint density at radius 3 is 2.81 bits per heavy atom. The summed E-state index contributed by atoms with van der Waals surface area (Å²) in [5.41, 5.74) is 2.14. The van der Waals surface area contributed by atoms with Crippen LogP contribution < -0.4 is 5.32 Å². The summed E-state index contributed by atoms with van der Waals surface area (Å²) in [6.45, 7) is 11.5. The van der Waals surface area contributed by atoms with Gasteiger partial charge in [0.05, 0.1) is 6.04 Å². The highest BCUT2D eigenvalue weighted by Gasteiger charge is 2.35. The van der Waals surface area contributed by atoms with E-state index in [0.29, 0.717) is 13.0 Å². The molecule has 0 fully saturated rings. The highest BCUT2D eigenvalue weighted by Crippen LogP contribution is 2.40. The quantitative estimate of drug-likeness (QED) is 0.874. The normalized spacial score (nSPS) is 18.8. The van der Waals surface area contributed by atoms with Gasteiger partial charge < -0.3 is 5.32 Å². The van der Waals surface area contributed by atoms with E-state index in [-0.39, 0.29) is 22.8 Å². The fourth-order valence-electron chi connectivity index (χ4n) is 3.55. The lowest BCUT2D eigenvalue weighted by molar-refractivity contribution is -0.122. The summed E-state index contributed by atoms with van der Waals surface area (Å²) in [7, 11) is 0. The summed E-state index contributed by atoms with van der Waals surface area (Å²) in [6.07, 6.45) is 8.09. The van der Waals surface area contributed by atoms with Gasteiger partial charge in [0.1, 0.15) is 18.5 Å². The van der Waals surface area contributed by atoms with E-state index in [1.165, 1.54) is 6.33 Å². The third-order valence-electron chi connectivity index (χ3n) is 4.94. The van der Waals surface area contributed by atoms with Gasteiger partial charge in [0, 0.05) is 35.8 Å². The zero-order chi connectivity index (χ0) is 19.7. The van der Waals surface area contributed by atoms with Crippen LogP contribution in [0.1, 0.15) is 77.0 Å². The lowest BCUT2D eigenvalue weighted by atomic mass is 9.74. The molecule has 0 aromatic carbocycles. The Bertz CT molecular complexity index is 791. The Morgan fingerprint density at radius 2 is 2.15 bits per heavy atom. The molecule has 1 aliphatic rings. The molecule has 1 aliphatic carbocycles. The second kappa shape index (κ2) is 7.37. The van der Waals surface area contributed by atoms with Crippen LogP contribution in [0.2, 0.25) is 0 Å². The van der Waals surface area contributed by atoms with Crippen molar-refractivity contribution >= 4 is 5.91 Å². The molecule has 7 heteroatoms. The van der Waals surface area contributed by atoms with Crippen LogP contribution in [0, 0.1) is 5.41 Å². The number of hydrogen-bond acceptors (Lipinski definition) is 5. The second-order valence-corrected chi connectivity index (χ2v) is 9.27. The first kappa shape index (κ1) is 19.5. The van der Waals surface area contributed by atoms with Gasteiger partial charge in [-0.2, -0.15) is 5.10 Å². The molecule has 0 bridgehead atoms. The summed E-state index contributed by atoms with van der Waals surface area (Å²) in [5.74, 6) is 0.917. The van der Waals surface area contributed by atoms with E-state index in [9.17, 15) is 4.79 Å². The maximum absolute atomic E-state index is 12.5. The first-order valence-electron chi connectivity index (χ1n) is 9.62. The van der Waals surface area contributed by atoms with Gasteiger partial charge in [-0.05, 0) is 24.7 Å². The predicted molar refractivity (Wildman–Crippen MR) is 103 cm³/mol. The van der Waals surface area contributed by atoms with Crippen molar-refractivity contribution in [2.45, 2.75) is 78.3 Å². The number of hydrogen-bond donors (Lipinski definition) is 1. The zero-order valence-corrected chi connectivity index (χ0v) is 17.0. The van der Waals surface area contributed by atoms with Gasteiger partial charge in [-0.25, -0.2) is 15.0 Å².